The van der Waals surface area contributed by atoms with Crippen molar-refractivity contribution >= 4 is 16.8 Å². The largest absolute Gasteiger partial charge is 0.363 e. The highest BCUT2D eigenvalue weighted by Crippen LogP contribution is 2.30. The molecule has 2 aromatic carbocycles. The third-order valence-corrected chi connectivity index (χ3v) is 4.11. The number of nitrogens with zero attached hydrogens (tertiary/aromatic N) is 2. The minimum absolute atomic E-state index is 0.662. The van der Waals surface area contributed by atoms with E-state index < -0.39 is 0 Å². The van der Waals surface area contributed by atoms with Gasteiger partial charge in [0.05, 0.1) is 5.39 Å². The first-order valence-electron chi connectivity index (χ1n) is 7.89. The van der Waals surface area contributed by atoms with E-state index in [9.17, 15) is 0 Å². The molecule has 1 N–H and O–H groups in total. The van der Waals surface area contributed by atoms with Gasteiger partial charge in [-0.05, 0) is 47.4 Å². The molecule has 0 saturated carbocycles. The molecule has 0 aliphatic carbocycles. The quantitative estimate of drug-likeness (QED) is 0.587. The number of aryl methyl sites for hydroxylation is 1. The fourth-order valence-electron chi connectivity index (χ4n) is 2.82. The Morgan fingerprint density at radius 1 is 1.04 bits per heavy atom. The molecule has 0 fully saturated rings. The molecule has 2 heterocycles. The second-order valence-corrected chi connectivity index (χ2v) is 5.77. The van der Waals surface area contributed by atoms with E-state index in [-0.39, 0.29) is 0 Å². The van der Waals surface area contributed by atoms with Gasteiger partial charge in [-0.2, -0.15) is 0 Å². The molecule has 0 saturated heterocycles. The number of hydrogen-bond acceptors (Lipinski definition) is 4. The van der Waals surface area contributed by atoms with Crippen LogP contribution in [0.4, 0.5) is 5.82 Å². The van der Waals surface area contributed by atoms with Crippen molar-refractivity contribution in [3.63, 3.8) is 0 Å². The van der Waals surface area contributed by atoms with Gasteiger partial charge in [-0.3, -0.25) is 4.98 Å². The lowest BCUT2D eigenvalue weighted by Gasteiger charge is -2.05. The Labute approximate surface area is 140 Å². The third kappa shape index (κ3) is 2.74. The average molecular weight is 315 g/mol. The Kier molecular flexibility index (Phi) is 3.71. The molecule has 0 radical (unpaired) electrons. The highest BCUT2D eigenvalue weighted by atomic mass is 16.5. The van der Waals surface area contributed by atoms with Crippen molar-refractivity contribution in [3.8, 4) is 11.1 Å². The van der Waals surface area contributed by atoms with Crippen molar-refractivity contribution < 1.29 is 4.52 Å². The standard InChI is InChI=1S/C20H17N3O/c1-14-5-2-3-7-17(14)16-8-9-18-19(11-16)24-23-20(18)22-13-15-6-4-10-21-12-15/h2-12H,13H2,1H3,(H,22,23). The van der Waals surface area contributed by atoms with Crippen molar-refractivity contribution in [1.82, 2.24) is 10.1 Å². The van der Waals surface area contributed by atoms with Crippen LogP contribution in [0.2, 0.25) is 0 Å². The van der Waals surface area contributed by atoms with Crippen LogP contribution in [-0.4, -0.2) is 10.1 Å². The van der Waals surface area contributed by atoms with E-state index in [1.165, 1.54) is 11.1 Å². The van der Waals surface area contributed by atoms with Gasteiger partial charge in [0.2, 0.25) is 0 Å². The molecule has 118 valence electrons. The van der Waals surface area contributed by atoms with E-state index in [1.54, 1.807) is 6.20 Å². The lowest BCUT2D eigenvalue weighted by Crippen LogP contribution is -1.99. The van der Waals surface area contributed by atoms with Crippen molar-refractivity contribution in [2.45, 2.75) is 13.5 Å². The Morgan fingerprint density at radius 3 is 2.79 bits per heavy atom. The molecule has 4 nitrogen and oxygen atoms in total. The van der Waals surface area contributed by atoms with E-state index in [0.29, 0.717) is 6.54 Å². The van der Waals surface area contributed by atoms with E-state index in [1.807, 2.05) is 36.5 Å². The lowest BCUT2D eigenvalue weighted by molar-refractivity contribution is 0.459. The maximum absolute atomic E-state index is 5.51. The SMILES string of the molecule is Cc1ccccc1-c1ccc2c(NCc3cccnc3)noc2c1. The molecule has 4 aromatic rings. The molecular weight excluding hydrogens is 298 g/mol. The summed E-state index contributed by atoms with van der Waals surface area (Å²) in [5.41, 5.74) is 5.47. The monoisotopic (exact) mass is 315 g/mol. The number of pyridine rings is 1. The minimum atomic E-state index is 0.662. The van der Waals surface area contributed by atoms with Gasteiger partial charge >= 0.3 is 0 Å². The van der Waals surface area contributed by atoms with Crippen LogP contribution in [0.5, 0.6) is 0 Å². The smallest absolute Gasteiger partial charge is 0.177 e. The molecule has 0 aliphatic heterocycles. The maximum atomic E-state index is 5.51. The summed E-state index contributed by atoms with van der Waals surface area (Å²) < 4.78 is 5.51. The topological polar surface area (TPSA) is 51.0 Å². The van der Waals surface area contributed by atoms with Gasteiger partial charge in [0.1, 0.15) is 0 Å². The summed E-state index contributed by atoms with van der Waals surface area (Å²) in [6, 6.07) is 18.5. The van der Waals surface area contributed by atoms with Crippen LogP contribution in [-0.2, 0) is 6.54 Å². The van der Waals surface area contributed by atoms with Crippen molar-refractivity contribution in [1.29, 1.82) is 0 Å². The lowest BCUT2D eigenvalue weighted by atomic mass is 10.00. The van der Waals surface area contributed by atoms with Gasteiger partial charge in [0, 0.05) is 18.9 Å². The molecule has 0 amide bonds. The molecule has 4 heteroatoms. The van der Waals surface area contributed by atoms with Crippen LogP contribution in [0, 0.1) is 6.92 Å². The van der Waals surface area contributed by atoms with Gasteiger partial charge < -0.3 is 9.84 Å². The van der Waals surface area contributed by atoms with E-state index in [2.05, 4.69) is 46.6 Å². The zero-order chi connectivity index (χ0) is 16.4. The van der Waals surface area contributed by atoms with Gasteiger partial charge in [-0.15, -0.1) is 0 Å². The predicted molar refractivity (Wildman–Crippen MR) is 95.7 cm³/mol. The fraction of sp³-hybridized carbons (Fsp3) is 0.100. The van der Waals surface area contributed by atoms with Crippen LogP contribution in [0.15, 0.2) is 71.5 Å². The Morgan fingerprint density at radius 2 is 1.96 bits per heavy atom. The summed E-state index contributed by atoms with van der Waals surface area (Å²) in [4.78, 5) is 4.12. The first-order chi connectivity index (χ1) is 11.8. The van der Waals surface area contributed by atoms with Gasteiger partial charge in [0.15, 0.2) is 11.4 Å². The summed E-state index contributed by atoms with van der Waals surface area (Å²) in [6.07, 6.45) is 3.60. The average Bonchev–Trinajstić information content (AvgIpc) is 3.03. The first-order valence-corrected chi connectivity index (χ1v) is 7.89. The number of fused-ring (bicyclic) bond motifs is 1. The van der Waals surface area contributed by atoms with E-state index in [0.717, 1.165) is 27.9 Å². The fourth-order valence-corrected chi connectivity index (χ4v) is 2.82. The zero-order valence-corrected chi connectivity index (χ0v) is 13.4. The maximum Gasteiger partial charge on any atom is 0.177 e. The molecule has 24 heavy (non-hydrogen) atoms. The molecule has 0 atom stereocenters. The van der Waals surface area contributed by atoms with Crippen LogP contribution in [0.25, 0.3) is 22.1 Å². The molecule has 2 aromatic heterocycles. The number of benzene rings is 2. The number of rotatable bonds is 4. The summed E-state index contributed by atoms with van der Waals surface area (Å²) in [5, 5.41) is 8.45. The van der Waals surface area contributed by atoms with Crippen LogP contribution >= 0.6 is 0 Å². The predicted octanol–water partition coefficient (Wildman–Crippen LogP) is 4.81. The third-order valence-electron chi connectivity index (χ3n) is 4.11. The van der Waals surface area contributed by atoms with Gasteiger partial charge in [-0.25, -0.2) is 0 Å². The Balaban J connectivity index is 1.62. The molecule has 0 unspecified atom stereocenters. The second kappa shape index (κ2) is 6.16. The normalized spacial score (nSPS) is 10.9. The van der Waals surface area contributed by atoms with Crippen molar-refractivity contribution in [3.05, 3.63) is 78.1 Å². The molecule has 0 bridgehead atoms. The summed E-state index contributed by atoms with van der Waals surface area (Å²) in [6.45, 7) is 2.77. The summed E-state index contributed by atoms with van der Waals surface area (Å²) in [5.74, 6) is 0.755. The highest BCUT2D eigenvalue weighted by molar-refractivity contribution is 5.91. The van der Waals surface area contributed by atoms with Crippen LogP contribution < -0.4 is 5.32 Å². The minimum Gasteiger partial charge on any atom is -0.363 e. The molecule has 4 rings (SSSR count). The number of hydrogen-bond donors (Lipinski definition) is 1. The van der Waals surface area contributed by atoms with Gasteiger partial charge in [-0.1, -0.05) is 41.6 Å². The Hall–Kier alpha value is -3.14. The van der Waals surface area contributed by atoms with E-state index in [4.69, 9.17) is 4.52 Å². The number of nitrogens with one attached hydrogen (secondary N) is 1. The molecular formula is C20H17N3O. The highest BCUT2D eigenvalue weighted by Gasteiger charge is 2.10. The first kappa shape index (κ1) is 14.5. The van der Waals surface area contributed by atoms with Gasteiger partial charge in [0.25, 0.3) is 0 Å². The molecule has 0 spiro atoms. The summed E-state index contributed by atoms with van der Waals surface area (Å²) in [7, 11) is 0. The van der Waals surface area contributed by atoms with Crippen molar-refractivity contribution in [2.24, 2.45) is 0 Å². The number of anilines is 1. The second-order valence-electron chi connectivity index (χ2n) is 5.77. The Bertz CT molecular complexity index is 977. The van der Waals surface area contributed by atoms with Crippen LogP contribution in [0.3, 0.4) is 0 Å². The van der Waals surface area contributed by atoms with E-state index >= 15 is 0 Å². The number of aromatic nitrogens is 2. The molecule has 0 aliphatic rings. The van der Waals surface area contributed by atoms with Crippen molar-refractivity contribution in [2.75, 3.05) is 5.32 Å². The zero-order valence-electron chi connectivity index (χ0n) is 13.4. The van der Waals surface area contributed by atoms with Crippen LogP contribution in [0.1, 0.15) is 11.1 Å². The summed E-state index contributed by atoms with van der Waals surface area (Å²) >= 11 is 0.